The zero-order chi connectivity index (χ0) is 22.0. The maximum absolute atomic E-state index is 13.3. The summed E-state index contributed by atoms with van der Waals surface area (Å²) in [6, 6.07) is 20.1. The Labute approximate surface area is 184 Å². The predicted octanol–water partition coefficient (Wildman–Crippen LogP) is 5.82. The molecule has 0 aliphatic carbocycles. The lowest BCUT2D eigenvalue weighted by molar-refractivity contribution is 0.182. The minimum atomic E-state index is -0.145. The lowest BCUT2D eigenvalue weighted by Gasteiger charge is -2.37. The number of nitrogens with zero attached hydrogens (tertiary/aromatic N) is 2. The Balaban J connectivity index is 1.59. The Bertz CT molecular complexity index is 1030. The highest BCUT2D eigenvalue weighted by molar-refractivity contribution is 5.90. The summed E-state index contributed by atoms with van der Waals surface area (Å²) in [6.45, 7) is 10.6. The summed E-state index contributed by atoms with van der Waals surface area (Å²) in [5, 5.41) is 3.10. The van der Waals surface area contributed by atoms with Crippen LogP contribution >= 0.6 is 0 Å². The first kappa shape index (κ1) is 21.0. The number of carbonyl (C=O) groups is 1. The van der Waals surface area contributed by atoms with Gasteiger partial charge in [0, 0.05) is 30.7 Å². The minimum absolute atomic E-state index is 0.0829. The molecule has 0 saturated heterocycles. The topological polar surface area (TPSA) is 46.5 Å². The van der Waals surface area contributed by atoms with Crippen LogP contribution in [0.3, 0.4) is 0 Å². The second kappa shape index (κ2) is 8.50. The first-order valence-corrected chi connectivity index (χ1v) is 10.9. The third-order valence-corrected chi connectivity index (χ3v) is 5.81. The van der Waals surface area contributed by atoms with Crippen molar-refractivity contribution in [3.63, 3.8) is 0 Å². The third-order valence-electron chi connectivity index (χ3n) is 5.81. The highest BCUT2D eigenvalue weighted by Gasteiger charge is 2.32. The van der Waals surface area contributed by atoms with Crippen LogP contribution in [0, 0.1) is 0 Å². The van der Waals surface area contributed by atoms with Gasteiger partial charge in [-0.25, -0.2) is 4.79 Å². The number of urea groups is 1. The summed E-state index contributed by atoms with van der Waals surface area (Å²) in [5.74, 6) is 0.840. The highest BCUT2D eigenvalue weighted by Crippen LogP contribution is 2.34. The molecule has 1 aliphatic rings. The van der Waals surface area contributed by atoms with Crippen molar-refractivity contribution in [2.45, 2.75) is 45.7 Å². The molecule has 1 N–H and O–H groups in total. The number of benzene rings is 2. The summed E-state index contributed by atoms with van der Waals surface area (Å²) in [5.41, 5.74) is 4.33. The van der Waals surface area contributed by atoms with Crippen LogP contribution in [-0.4, -0.2) is 28.6 Å². The van der Waals surface area contributed by atoms with E-state index in [1.54, 1.807) is 0 Å². The van der Waals surface area contributed by atoms with Gasteiger partial charge >= 0.3 is 6.03 Å². The van der Waals surface area contributed by atoms with Crippen molar-refractivity contribution in [1.29, 1.82) is 0 Å². The van der Waals surface area contributed by atoms with E-state index in [1.807, 2.05) is 42.2 Å². The van der Waals surface area contributed by atoms with E-state index in [2.05, 4.69) is 67.2 Å². The average molecular weight is 418 g/mol. The van der Waals surface area contributed by atoms with Gasteiger partial charge in [0.15, 0.2) is 0 Å². The minimum Gasteiger partial charge on any atom is -0.494 e. The van der Waals surface area contributed by atoms with Crippen molar-refractivity contribution in [2.24, 2.45) is 0 Å². The number of hydrogen-bond donors (Lipinski definition) is 1. The summed E-state index contributed by atoms with van der Waals surface area (Å²) in [4.78, 5) is 15.2. The van der Waals surface area contributed by atoms with Crippen LogP contribution in [0.4, 0.5) is 10.5 Å². The van der Waals surface area contributed by atoms with Crippen LogP contribution in [0.15, 0.2) is 66.9 Å². The fourth-order valence-corrected chi connectivity index (χ4v) is 4.11. The van der Waals surface area contributed by atoms with Gasteiger partial charge in [0.1, 0.15) is 5.75 Å². The Morgan fingerprint density at radius 3 is 2.39 bits per heavy atom. The van der Waals surface area contributed by atoms with E-state index >= 15 is 0 Å². The number of carbonyl (C=O) groups excluding carboxylic acids is 1. The Morgan fingerprint density at radius 1 is 1.03 bits per heavy atom. The molecule has 162 valence electrons. The second-order valence-corrected chi connectivity index (χ2v) is 8.98. The van der Waals surface area contributed by atoms with Gasteiger partial charge in [0.2, 0.25) is 0 Å². The molecule has 1 aromatic heterocycles. The molecule has 0 fully saturated rings. The molecule has 4 rings (SSSR count). The average Bonchev–Trinajstić information content (AvgIpc) is 3.22. The molecule has 0 bridgehead atoms. The van der Waals surface area contributed by atoms with E-state index in [4.69, 9.17) is 4.74 Å². The van der Waals surface area contributed by atoms with Crippen LogP contribution in [0.1, 0.15) is 50.6 Å². The normalized spacial score (nSPS) is 16.0. The number of fused-ring (bicyclic) bond motifs is 1. The van der Waals surface area contributed by atoms with Gasteiger partial charge in [-0.2, -0.15) is 0 Å². The summed E-state index contributed by atoms with van der Waals surface area (Å²) in [6.07, 6.45) is 2.08. The maximum atomic E-state index is 13.3. The molecule has 0 radical (unpaired) electrons. The highest BCUT2D eigenvalue weighted by atomic mass is 16.5. The van der Waals surface area contributed by atoms with Crippen molar-refractivity contribution in [1.82, 2.24) is 9.47 Å². The summed E-state index contributed by atoms with van der Waals surface area (Å²) >= 11 is 0. The van der Waals surface area contributed by atoms with E-state index in [1.165, 1.54) is 5.56 Å². The molecule has 0 unspecified atom stereocenters. The molecule has 2 heterocycles. The molecule has 0 spiro atoms. The number of amides is 2. The first-order chi connectivity index (χ1) is 14.9. The largest absolute Gasteiger partial charge is 0.494 e. The van der Waals surface area contributed by atoms with Gasteiger partial charge in [-0.15, -0.1) is 0 Å². The molecule has 5 nitrogen and oxygen atoms in total. The van der Waals surface area contributed by atoms with Gasteiger partial charge in [-0.1, -0.05) is 45.0 Å². The van der Waals surface area contributed by atoms with Crippen molar-refractivity contribution in [3.8, 4) is 5.75 Å². The van der Waals surface area contributed by atoms with Crippen molar-refractivity contribution in [2.75, 3.05) is 18.5 Å². The SMILES string of the molecule is CCOc1ccc([C@H]2c3cccn3CCN2C(=O)Nc2ccc(C(C)(C)C)cc2)cc1. The van der Waals surface area contributed by atoms with Gasteiger partial charge in [-0.3, -0.25) is 0 Å². The van der Waals surface area contributed by atoms with E-state index in [0.717, 1.165) is 29.2 Å². The lowest BCUT2D eigenvalue weighted by atomic mass is 9.87. The smallest absolute Gasteiger partial charge is 0.322 e. The Hall–Kier alpha value is -3.21. The number of rotatable bonds is 4. The molecule has 3 aromatic rings. The number of anilines is 1. The van der Waals surface area contributed by atoms with Gasteiger partial charge in [0.25, 0.3) is 0 Å². The maximum Gasteiger partial charge on any atom is 0.322 e. The van der Waals surface area contributed by atoms with Crippen LogP contribution < -0.4 is 10.1 Å². The third kappa shape index (κ3) is 4.46. The molecule has 2 aromatic carbocycles. The Kier molecular flexibility index (Phi) is 5.77. The van der Waals surface area contributed by atoms with E-state index in [0.29, 0.717) is 13.2 Å². The number of hydrogen-bond acceptors (Lipinski definition) is 2. The lowest BCUT2D eigenvalue weighted by Crippen LogP contribution is -2.44. The van der Waals surface area contributed by atoms with Crippen LogP contribution in [0.2, 0.25) is 0 Å². The fraction of sp³-hybridized carbons (Fsp3) is 0.346. The molecule has 2 amide bonds. The molecule has 5 heteroatoms. The van der Waals surface area contributed by atoms with Crippen LogP contribution in [0.5, 0.6) is 5.75 Å². The van der Waals surface area contributed by atoms with Gasteiger partial charge in [-0.05, 0) is 59.9 Å². The zero-order valence-corrected chi connectivity index (χ0v) is 18.8. The quantitative estimate of drug-likeness (QED) is 0.581. The monoisotopic (exact) mass is 417 g/mol. The molecule has 1 atom stereocenters. The zero-order valence-electron chi connectivity index (χ0n) is 18.8. The van der Waals surface area contributed by atoms with E-state index in [-0.39, 0.29) is 17.5 Å². The van der Waals surface area contributed by atoms with E-state index in [9.17, 15) is 4.79 Å². The molecule has 1 aliphatic heterocycles. The number of ether oxygens (including phenoxy) is 1. The first-order valence-electron chi connectivity index (χ1n) is 10.9. The van der Waals surface area contributed by atoms with Crippen molar-refractivity contribution in [3.05, 3.63) is 83.7 Å². The number of nitrogens with one attached hydrogen (secondary N) is 1. The molecular formula is C26H31N3O2. The van der Waals surface area contributed by atoms with Crippen LogP contribution in [0.25, 0.3) is 0 Å². The second-order valence-electron chi connectivity index (χ2n) is 8.98. The molecule has 0 saturated carbocycles. The van der Waals surface area contributed by atoms with Crippen molar-refractivity contribution >= 4 is 11.7 Å². The molecule has 31 heavy (non-hydrogen) atoms. The summed E-state index contributed by atoms with van der Waals surface area (Å²) in [7, 11) is 0. The fourth-order valence-electron chi connectivity index (χ4n) is 4.11. The van der Waals surface area contributed by atoms with Crippen molar-refractivity contribution < 1.29 is 9.53 Å². The predicted molar refractivity (Wildman–Crippen MR) is 125 cm³/mol. The van der Waals surface area contributed by atoms with Crippen LogP contribution in [-0.2, 0) is 12.0 Å². The number of aromatic nitrogens is 1. The standard InChI is InChI=1S/C26H31N3O2/c1-5-31-22-14-8-19(9-15-22)24-23-7-6-16-28(23)17-18-29(24)25(30)27-21-12-10-20(11-13-21)26(2,3)4/h6-16,24H,5,17-18H2,1-4H3,(H,27,30)/t24-/m0/s1. The molecular weight excluding hydrogens is 386 g/mol. The van der Waals surface area contributed by atoms with Gasteiger partial charge in [0.05, 0.1) is 12.6 Å². The van der Waals surface area contributed by atoms with E-state index < -0.39 is 0 Å². The van der Waals surface area contributed by atoms with Gasteiger partial charge < -0.3 is 19.5 Å². The summed E-state index contributed by atoms with van der Waals surface area (Å²) < 4.78 is 7.82. The Morgan fingerprint density at radius 2 is 1.74 bits per heavy atom.